The summed E-state index contributed by atoms with van der Waals surface area (Å²) in [6.07, 6.45) is 4.11. The van der Waals surface area contributed by atoms with Crippen LogP contribution in [-0.2, 0) is 19.1 Å². The summed E-state index contributed by atoms with van der Waals surface area (Å²) < 4.78 is 18.3. The molecular weight excluding hydrogens is 455 g/mol. The van der Waals surface area contributed by atoms with Crippen molar-refractivity contribution in [2.45, 2.75) is 39.5 Å². The minimum absolute atomic E-state index is 0.184. The topological polar surface area (TPSA) is 129 Å². The van der Waals surface area contributed by atoms with Crippen molar-refractivity contribution < 1.29 is 28.3 Å². The molecule has 0 radical (unpaired) electrons. The fourth-order valence-electron chi connectivity index (χ4n) is 3.92. The summed E-state index contributed by atoms with van der Waals surface area (Å²) in [7, 11) is 1.35. The number of aromatic amines is 1. The number of carbonyl (C=O) groups is 4. The van der Waals surface area contributed by atoms with Gasteiger partial charge in [-0.1, -0.05) is 6.42 Å². The second kappa shape index (κ2) is 11.5. The van der Waals surface area contributed by atoms with Gasteiger partial charge >= 0.3 is 5.97 Å². The van der Waals surface area contributed by atoms with Gasteiger partial charge in [-0.2, -0.15) is 0 Å². The maximum atomic E-state index is 13.7. The number of halogens is 1. The summed E-state index contributed by atoms with van der Waals surface area (Å²) in [6.45, 7) is 3.72. The van der Waals surface area contributed by atoms with Crippen LogP contribution < -0.4 is 16.0 Å². The van der Waals surface area contributed by atoms with E-state index in [0.717, 1.165) is 6.42 Å². The molecule has 2 aromatic rings. The fraction of sp³-hybridized carbons (Fsp3) is 0.360. The maximum absolute atomic E-state index is 13.7. The van der Waals surface area contributed by atoms with Crippen LogP contribution in [0.3, 0.4) is 0 Å². The number of fused-ring (bicyclic) bond motifs is 1. The molecule has 0 spiro atoms. The minimum atomic E-state index is -0.454. The highest BCUT2D eigenvalue weighted by atomic mass is 19.1. The molecule has 0 bridgehead atoms. The van der Waals surface area contributed by atoms with E-state index in [1.54, 1.807) is 19.9 Å². The van der Waals surface area contributed by atoms with Gasteiger partial charge in [0.1, 0.15) is 5.82 Å². The molecule has 1 aromatic heterocycles. The zero-order valence-electron chi connectivity index (χ0n) is 20.0. The number of H-pyrrole nitrogens is 1. The number of amides is 3. The van der Waals surface area contributed by atoms with Crippen molar-refractivity contribution in [1.82, 2.24) is 15.6 Å². The third-order valence-corrected chi connectivity index (χ3v) is 5.77. The number of carbonyl (C=O) groups excluding carboxylic acids is 4. The number of unbranched alkanes of at least 4 members (excludes halogenated alkanes) is 2. The summed E-state index contributed by atoms with van der Waals surface area (Å²) >= 11 is 0. The number of hydrogen-bond donors (Lipinski definition) is 4. The normalized spacial score (nSPS) is 13.4. The molecule has 1 aromatic carbocycles. The van der Waals surface area contributed by atoms with Crippen molar-refractivity contribution in [3.8, 4) is 0 Å². The third-order valence-electron chi connectivity index (χ3n) is 5.77. The van der Waals surface area contributed by atoms with Crippen molar-refractivity contribution in [1.29, 1.82) is 0 Å². The Balaban J connectivity index is 1.57. The van der Waals surface area contributed by atoms with Crippen molar-refractivity contribution in [2.75, 3.05) is 25.5 Å². The number of methoxy groups -OCH3 is 1. The Labute approximate surface area is 202 Å². The molecule has 3 amide bonds. The SMILES string of the molecule is COC(=O)CCCCCNC(=O)CNC(=O)c1c(C)[nH]c(/C=C2\C(=O)Nc3ccc(F)cc32)c1C. The molecule has 3 rings (SSSR count). The van der Waals surface area contributed by atoms with Crippen LogP contribution in [-0.4, -0.2) is 48.9 Å². The number of rotatable bonds is 10. The molecule has 0 aliphatic carbocycles. The molecule has 0 saturated carbocycles. The predicted molar refractivity (Wildman–Crippen MR) is 129 cm³/mol. The van der Waals surface area contributed by atoms with Gasteiger partial charge in [-0.25, -0.2) is 4.39 Å². The zero-order valence-corrected chi connectivity index (χ0v) is 20.0. The molecule has 0 saturated heterocycles. The number of nitrogens with one attached hydrogen (secondary N) is 4. The van der Waals surface area contributed by atoms with Gasteiger partial charge in [0, 0.05) is 35.6 Å². The highest BCUT2D eigenvalue weighted by Gasteiger charge is 2.26. The summed E-state index contributed by atoms with van der Waals surface area (Å²) in [5.41, 5.74) is 3.39. The van der Waals surface area contributed by atoms with Crippen molar-refractivity contribution in [3.05, 3.63) is 52.1 Å². The molecule has 0 atom stereocenters. The number of esters is 1. The van der Waals surface area contributed by atoms with Crippen LogP contribution in [0.5, 0.6) is 0 Å². The highest BCUT2D eigenvalue weighted by Crippen LogP contribution is 2.34. The second-order valence-electron chi connectivity index (χ2n) is 8.29. The standard InChI is InChI=1S/C25H29FN4O5/c1-14-20(12-18-17-11-16(26)8-9-19(17)30-24(18)33)29-15(2)23(14)25(34)28-13-21(31)27-10-6-4-5-7-22(32)35-3/h8-9,11-12,29H,4-7,10,13H2,1-3H3,(H,27,31)(H,28,34)(H,30,33)/b18-12-. The van der Waals surface area contributed by atoms with Crippen molar-refractivity contribution >= 4 is 41.0 Å². The smallest absolute Gasteiger partial charge is 0.305 e. The van der Waals surface area contributed by atoms with Gasteiger partial charge in [0.15, 0.2) is 0 Å². The number of ether oxygens (including phenoxy) is 1. The molecule has 10 heteroatoms. The van der Waals surface area contributed by atoms with Crippen LogP contribution in [0.25, 0.3) is 11.6 Å². The molecule has 35 heavy (non-hydrogen) atoms. The molecule has 4 N–H and O–H groups in total. The largest absolute Gasteiger partial charge is 0.469 e. The van der Waals surface area contributed by atoms with Crippen LogP contribution in [0.15, 0.2) is 18.2 Å². The molecule has 9 nitrogen and oxygen atoms in total. The Hall–Kier alpha value is -3.95. The first-order valence-corrected chi connectivity index (χ1v) is 11.3. The van der Waals surface area contributed by atoms with Crippen molar-refractivity contribution in [2.24, 2.45) is 0 Å². The van der Waals surface area contributed by atoms with E-state index < -0.39 is 11.7 Å². The Kier molecular flexibility index (Phi) is 8.40. The van der Waals surface area contributed by atoms with Gasteiger partial charge in [0.05, 0.1) is 24.8 Å². The summed E-state index contributed by atoms with van der Waals surface area (Å²) in [6, 6.07) is 4.06. The Morgan fingerprint density at radius 2 is 1.89 bits per heavy atom. The van der Waals surface area contributed by atoms with Crippen LogP contribution in [0.4, 0.5) is 10.1 Å². The quantitative estimate of drug-likeness (QED) is 0.234. The van der Waals surface area contributed by atoms with Gasteiger partial charge < -0.3 is 25.7 Å². The van der Waals surface area contributed by atoms with E-state index in [0.29, 0.717) is 65.1 Å². The molecular formula is C25H29FN4O5. The van der Waals surface area contributed by atoms with E-state index in [-0.39, 0.29) is 24.3 Å². The molecule has 0 unspecified atom stereocenters. The van der Waals surface area contributed by atoms with E-state index in [2.05, 4.69) is 25.7 Å². The highest BCUT2D eigenvalue weighted by molar-refractivity contribution is 6.34. The van der Waals surface area contributed by atoms with E-state index in [9.17, 15) is 23.6 Å². The predicted octanol–water partition coefficient (Wildman–Crippen LogP) is 2.84. The number of benzene rings is 1. The number of hydrogen-bond acceptors (Lipinski definition) is 5. The summed E-state index contributed by atoms with van der Waals surface area (Å²) in [4.78, 5) is 51.4. The van der Waals surface area contributed by atoms with Gasteiger partial charge in [-0.3, -0.25) is 19.2 Å². The Morgan fingerprint density at radius 3 is 2.63 bits per heavy atom. The average molecular weight is 485 g/mol. The van der Waals surface area contributed by atoms with Crippen LogP contribution >= 0.6 is 0 Å². The average Bonchev–Trinajstić information content (AvgIpc) is 3.28. The monoisotopic (exact) mass is 484 g/mol. The van der Waals surface area contributed by atoms with Gasteiger partial charge in [-0.05, 0) is 56.5 Å². The minimum Gasteiger partial charge on any atom is -0.469 e. The summed E-state index contributed by atoms with van der Waals surface area (Å²) in [5.74, 6) is -1.80. The first kappa shape index (κ1) is 25.7. The Morgan fingerprint density at radius 1 is 1.11 bits per heavy atom. The molecule has 2 heterocycles. The van der Waals surface area contributed by atoms with E-state index in [4.69, 9.17) is 0 Å². The lowest BCUT2D eigenvalue weighted by atomic mass is 10.0. The molecule has 0 fully saturated rings. The second-order valence-corrected chi connectivity index (χ2v) is 8.29. The maximum Gasteiger partial charge on any atom is 0.305 e. The number of aromatic nitrogens is 1. The van der Waals surface area contributed by atoms with E-state index in [1.807, 2.05) is 0 Å². The zero-order chi connectivity index (χ0) is 25.5. The van der Waals surface area contributed by atoms with Crippen LogP contribution in [0.1, 0.15) is 58.6 Å². The lowest BCUT2D eigenvalue weighted by Crippen LogP contribution is -2.37. The van der Waals surface area contributed by atoms with Gasteiger partial charge in [0.25, 0.3) is 11.8 Å². The van der Waals surface area contributed by atoms with Crippen molar-refractivity contribution in [3.63, 3.8) is 0 Å². The lowest BCUT2D eigenvalue weighted by Gasteiger charge is -2.08. The first-order chi connectivity index (χ1) is 16.7. The van der Waals surface area contributed by atoms with Crippen LogP contribution in [0.2, 0.25) is 0 Å². The lowest BCUT2D eigenvalue weighted by molar-refractivity contribution is -0.140. The number of anilines is 1. The van der Waals surface area contributed by atoms with E-state index in [1.165, 1.54) is 25.3 Å². The summed E-state index contributed by atoms with van der Waals surface area (Å²) in [5, 5.41) is 8.04. The number of aryl methyl sites for hydroxylation is 1. The van der Waals surface area contributed by atoms with Gasteiger partial charge in [0.2, 0.25) is 5.91 Å². The molecule has 1 aliphatic rings. The third kappa shape index (κ3) is 6.34. The molecule has 1 aliphatic heterocycles. The Bertz CT molecular complexity index is 1180. The first-order valence-electron chi connectivity index (χ1n) is 11.3. The molecule has 186 valence electrons. The van der Waals surface area contributed by atoms with Gasteiger partial charge in [-0.15, -0.1) is 0 Å². The van der Waals surface area contributed by atoms with E-state index >= 15 is 0 Å². The van der Waals surface area contributed by atoms with Crippen LogP contribution in [0, 0.1) is 19.7 Å². The fourth-order valence-corrected chi connectivity index (χ4v) is 3.92.